The molecule has 0 saturated heterocycles. The highest BCUT2D eigenvalue weighted by atomic mass is 35.5. The van der Waals surface area contributed by atoms with Gasteiger partial charge in [0.25, 0.3) is 5.91 Å². The topological polar surface area (TPSA) is 63.2 Å². The van der Waals surface area contributed by atoms with E-state index in [1.54, 1.807) is 37.6 Å². The number of hydrogen-bond donors (Lipinski definition) is 2. The standard InChI is InChI=1S/C16H18ClN3O2/c1-22-10-4-9-18-12-7-8-15(19-11-12)16(21)20-14-6-3-2-5-13(14)17/h2-3,5-8,11,18H,4,9-10H2,1H3,(H,20,21). The number of methoxy groups -OCH3 is 1. The summed E-state index contributed by atoms with van der Waals surface area (Å²) in [7, 11) is 1.67. The van der Waals surface area contributed by atoms with Gasteiger partial charge in [-0.2, -0.15) is 0 Å². The number of aromatic nitrogens is 1. The van der Waals surface area contributed by atoms with Crippen molar-refractivity contribution < 1.29 is 9.53 Å². The van der Waals surface area contributed by atoms with Crippen molar-refractivity contribution in [2.24, 2.45) is 0 Å². The summed E-state index contributed by atoms with van der Waals surface area (Å²) in [4.78, 5) is 16.3. The first kappa shape index (κ1) is 16.3. The first-order valence-electron chi connectivity index (χ1n) is 6.95. The summed E-state index contributed by atoms with van der Waals surface area (Å²) in [5, 5.41) is 6.44. The van der Waals surface area contributed by atoms with E-state index in [4.69, 9.17) is 16.3 Å². The molecular weight excluding hydrogens is 302 g/mol. The van der Waals surface area contributed by atoms with E-state index >= 15 is 0 Å². The number of anilines is 2. The molecule has 0 atom stereocenters. The highest BCUT2D eigenvalue weighted by Gasteiger charge is 2.09. The Hall–Kier alpha value is -2.11. The third-order valence-corrected chi connectivity index (χ3v) is 3.30. The van der Waals surface area contributed by atoms with Gasteiger partial charge in [-0.05, 0) is 30.7 Å². The first-order chi connectivity index (χ1) is 10.7. The minimum Gasteiger partial charge on any atom is -0.385 e. The van der Waals surface area contributed by atoms with E-state index in [0.29, 0.717) is 23.0 Å². The average molecular weight is 320 g/mol. The molecule has 1 aromatic carbocycles. The van der Waals surface area contributed by atoms with Gasteiger partial charge in [0.05, 0.1) is 22.6 Å². The molecule has 0 radical (unpaired) electrons. The second-order valence-electron chi connectivity index (χ2n) is 4.64. The van der Waals surface area contributed by atoms with E-state index in [1.165, 1.54) is 0 Å². The van der Waals surface area contributed by atoms with Crippen molar-refractivity contribution in [2.75, 3.05) is 30.9 Å². The molecule has 1 heterocycles. The van der Waals surface area contributed by atoms with Crippen molar-refractivity contribution in [3.05, 3.63) is 53.3 Å². The lowest BCUT2D eigenvalue weighted by Gasteiger charge is -2.08. The first-order valence-corrected chi connectivity index (χ1v) is 7.33. The lowest BCUT2D eigenvalue weighted by atomic mass is 10.2. The van der Waals surface area contributed by atoms with Gasteiger partial charge in [-0.1, -0.05) is 23.7 Å². The van der Waals surface area contributed by atoms with Crippen LogP contribution in [0.25, 0.3) is 0 Å². The van der Waals surface area contributed by atoms with Crippen LogP contribution in [0.15, 0.2) is 42.6 Å². The predicted octanol–water partition coefficient (Wildman–Crippen LogP) is 3.44. The van der Waals surface area contributed by atoms with Crippen LogP contribution in [0.1, 0.15) is 16.9 Å². The third-order valence-electron chi connectivity index (χ3n) is 2.97. The number of ether oxygens (including phenoxy) is 1. The molecule has 5 nitrogen and oxygen atoms in total. The minimum absolute atomic E-state index is 0.293. The van der Waals surface area contributed by atoms with Gasteiger partial charge in [0.2, 0.25) is 0 Å². The fourth-order valence-corrected chi connectivity index (χ4v) is 2.01. The van der Waals surface area contributed by atoms with E-state index in [0.717, 1.165) is 18.7 Å². The number of nitrogens with zero attached hydrogens (tertiary/aromatic N) is 1. The molecule has 0 aliphatic rings. The molecule has 22 heavy (non-hydrogen) atoms. The fourth-order valence-electron chi connectivity index (χ4n) is 1.83. The highest BCUT2D eigenvalue weighted by Crippen LogP contribution is 2.21. The molecule has 1 amide bonds. The molecule has 0 saturated carbocycles. The van der Waals surface area contributed by atoms with Gasteiger partial charge < -0.3 is 15.4 Å². The minimum atomic E-state index is -0.293. The Morgan fingerprint density at radius 3 is 2.77 bits per heavy atom. The maximum Gasteiger partial charge on any atom is 0.274 e. The zero-order chi connectivity index (χ0) is 15.8. The molecule has 0 bridgehead atoms. The van der Waals surface area contributed by atoms with Crippen LogP contribution >= 0.6 is 11.6 Å². The summed E-state index contributed by atoms with van der Waals surface area (Å²) in [5.41, 5.74) is 1.77. The van der Waals surface area contributed by atoms with Crippen LogP contribution in [0, 0.1) is 0 Å². The van der Waals surface area contributed by atoms with E-state index in [2.05, 4.69) is 15.6 Å². The molecule has 2 N–H and O–H groups in total. The monoisotopic (exact) mass is 319 g/mol. The van der Waals surface area contributed by atoms with Crippen LogP contribution in [0.2, 0.25) is 5.02 Å². The van der Waals surface area contributed by atoms with Crippen molar-refractivity contribution >= 4 is 28.9 Å². The van der Waals surface area contributed by atoms with Gasteiger partial charge in [0.15, 0.2) is 0 Å². The molecule has 6 heteroatoms. The lowest BCUT2D eigenvalue weighted by molar-refractivity contribution is 0.102. The molecular formula is C16H18ClN3O2. The molecule has 0 unspecified atom stereocenters. The van der Waals surface area contributed by atoms with E-state index in [-0.39, 0.29) is 5.91 Å². The number of pyridine rings is 1. The zero-order valence-electron chi connectivity index (χ0n) is 12.3. The van der Waals surface area contributed by atoms with Crippen LogP contribution in [0.5, 0.6) is 0 Å². The highest BCUT2D eigenvalue weighted by molar-refractivity contribution is 6.33. The van der Waals surface area contributed by atoms with Crippen molar-refractivity contribution in [3.63, 3.8) is 0 Å². The Balaban J connectivity index is 1.92. The Labute approximate surface area is 134 Å². The second-order valence-corrected chi connectivity index (χ2v) is 5.05. The SMILES string of the molecule is COCCCNc1ccc(C(=O)Nc2ccccc2Cl)nc1. The maximum atomic E-state index is 12.1. The maximum absolute atomic E-state index is 12.1. The number of hydrogen-bond acceptors (Lipinski definition) is 4. The number of carbonyl (C=O) groups excluding carboxylic acids is 1. The molecule has 2 rings (SSSR count). The van der Waals surface area contributed by atoms with E-state index in [9.17, 15) is 4.79 Å². The number of halogens is 1. The van der Waals surface area contributed by atoms with E-state index < -0.39 is 0 Å². The van der Waals surface area contributed by atoms with Crippen LogP contribution in [0.4, 0.5) is 11.4 Å². The molecule has 116 valence electrons. The number of rotatable bonds is 7. The quantitative estimate of drug-likeness (QED) is 0.767. The summed E-state index contributed by atoms with van der Waals surface area (Å²) in [5.74, 6) is -0.293. The normalized spacial score (nSPS) is 10.3. The fraction of sp³-hybridized carbons (Fsp3) is 0.250. The van der Waals surface area contributed by atoms with Crippen LogP contribution in [-0.2, 0) is 4.74 Å². The second kappa shape index (κ2) is 8.36. The average Bonchev–Trinajstić information content (AvgIpc) is 2.54. The smallest absolute Gasteiger partial charge is 0.274 e. The number of amides is 1. The van der Waals surface area contributed by atoms with Crippen LogP contribution < -0.4 is 10.6 Å². The van der Waals surface area contributed by atoms with E-state index in [1.807, 2.05) is 12.1 Å². The summed E-state index contributed by atoms with van der Waals surface area (Å²) in [6, 6.07) is 10.6. The summed E-state index contributed by atoms with van der Waals surface area (Å²) < 4.78 is 4.98. The number of carbonyl (C=O) groups is 1. The summed E-state index contributed by atoms with van der Waals surface area (Å²) in [6.45, 7) is 1.50. The Morgan fingerprint density at radius 1 is 1.27 bits per heavy atom. The lowest BCUT2D eigenvalue weighted by Crippen LogP contribution is -2.14. The van der Waals surface area contributed by atoms with Crippen molar-refractivity contribution in [1.29, 1.82) is 0 Å². The summed E-state index contributed by atoms with van der Waals surface area (Å²) in [6.07, 6.45) is 2.54. The Kier molecular flexibility index (Phi) is 6.18. The van der Waals surface area contributed by atoms with Crippen LogP contribution in [-0.4, -0.2) is 31.2 Å². The van der Waals surface area contributed by atoms with Crippen molar-refractivity contribution in [1.82, 2.24) is 4.98 Å². The van der Waals surface area contributed by atoms with Crippen LogP contribution in [0.3, 0.4) is 0 Å². The Morgan fingerprint density at radius 2 is 2.09 bits per heavy atom. The Bertz CT molecular complexity index is 617. The molecule has 2 aromatic rings. The predicted molar refractivity (Wildman–Crippen MR) is 88.6 cm³/mol. The number of benzene rings is 1. The van der Waals surface area contributed by atoms with Gasteiger partial charge in [-0.15, -0.1) is 0 Å². The largest absolute Gasteiger partial charge is 0.385 e. The number of nitrogens with one attached hydrogen (secondary N) is 2. The summed E-state index contributed by atoms with van der Waals surface area (Å²) >= 11 is 6.01. The van der Waals surface area contributed by atoms with Crippen molar-refractivity contribution in [2.45, 2.75) is 6.42 Å². The van der Waals surface area contributed by atoms with Gasteiger partial charge in [0, 0.05) is 20.3 Å². The zero-order valence-corrected chi connectivity index (χ0v) is 13.1. The van der Waals surface area contributed by atoms with Crippen molar-refractivity contribution in [3.8, 4) is 0 Å². The van der Waals surface area contributed by atoms with Gasteiger partial charge in [-0.3, -0.25) is 4.79 Å². The van der Waals surface area contributed by atoms with Gasteiger partial charge in [-0.25, -0.2) is 4.98 Å². The molecule has 0 spiro atoms. The van der Waals surface area contributed by atoms with Gasteiger partial charge >= 0.3 is 0 Å². The molecule has 1 aromatic heterocycles. The van der Waals surface area contributed by atoms with Gasteiger partial charge in [0.1, 0.15) is 5.69 Å². The number of para-hydroxylation sites is 1. The molecule has 0 fully saturated rings. The molecule has 0 aliphatic carbocycles. The third kappa shape index (κ3) is 4.72. The molecule has 0 aliphatic heterocycles.